The quantitative estimate of drug-likeness (QED) is 0.500. The average Bonchev–Trinajstić information content (AvgIpc) is 3.44. The molecule has 0 unspecified atom stereocenters. The molecular formula is C22H25F3N4O4S2. The summed E-state index contributed by atoms with van der Waals surface area (Å²) in [4.78, 5) is 4.64. The molecule has 0 radical (unpaired) electrons. The average molecular weight is 531 g/mol. The van der Waals surface area contributed by atoms with Gasteiger partial charge in [-0.3, -0.25) is 0 Å². The maximum absolute atomic E-state index is 13.6. The first kappa shape index (κ1) is 24.5. The first-order chi connectivity index (χ1) is 16.4. The number of ether oxygens (including phenoxy) is 1. The number of benzene rings is 1. The molecule has 2 aromatic heterocycles. The number of imidazole rings is 1. The highest BCUT2D eigenvalue weighted by Crippen LogP contribution is 2.59. The van der Waals surface area contributed by atoms with E-state index in [1.807, 2.05) is 0 Å². The van der Waals surface area contributed by atoms with Crippen molar-refractivity contribution in [1.29, 1.82) is 0 Å². The summed E-state index contributed by atoms with van der Waals surface area (Å²) in [6.07, 6.45) is -2.74. The number of aliphatic hydroxyl groups excluding tert-OH is 1. The largest absolute Gasteiger partial charge is 0.495 e. The van der Waals surface area contributed by atoms with Crippen molar-refractivity contribution in [2.45, 2.75) is 74.1 Å². The van der Waals surface area contributed by atoms with Gasteiger partial charge >= 0.3 is 6.18 Å². The molecule has 1 aromatic carbocycles. The first-order valence-electron chi connectivity index (χ1n) is 11.3. The molecule has 2 N–H and O–H groups in total. The van der Waals surface area contributed by atoms with Gasteiger partial charge in [-0.1, -0.05) is 11.3 Å². The summed E-state index contributed by atoms with van der Waals surface area (Å²) in [7, 11) is -2.61. The standard InChI is InChI=1S/C22H25F3N4O4S2/c1-12-18(29-20(26-12)34-19(27-29)21(9-10-21)22(23,24)25)13-3-8-16(33-2)17(11-13)35(31,32)28-14-4-6-15(30)7-5-14/h3,8,11,14-15,28,30H,4-7,9-10H2,1-2H3. The van der Waals surface area contributed by atoms with E-state index < -0.39 is 27.7 Å². The Morgan fingerprint density at radius 2 is 1.91 bits per heavy atom. The van der Waals surface area contributed by atoms with Gasteiger partial charge in [0.1, 0.15) is 21.1 Å². The Kier molecular flexibility index (Phi) is 5.89. The normalized spacial score (nSPS) is 22.5. The lowest BCUT2D eigenvalue weighted by Crippen LogP contribution is -2.38. The van der Waals surface area contributed by atoms with Gasteiger partial charge < -0.3 is 9.84 Å². The van der Waals surface area contributed by atoms with Crippen molar-refractivity contribution in [2.24, 2.45) is 0 Å². The van der Waals surface area contributed by atoms with E-state index in [0.717, 1.165) is 11.3 Å². The van der Waals surface area contributed by atoms with Gasteiger partial charge in [-0.2, -0.15) is 18.3 Å². The summed E-state index contributed by atoms with van der Waals surface area (Å²) in [6, 6.07) is 4.28. The van der Waals surface area contributed by atoms with E-state index in [9.17, 15) is 26.7 Å². The number of nitrogens with zero attached hydrogens (tertiary/aromatic N) is 3. The molecule has 13 heteroatoms. The molecule has 8 nitrogen and oxygen atoms in total. The highest BCUT2D eigenvalue weighted by molar-refractivity contribution is 7.89. The van der Waals surface area contributed by atoms with Gasteiger partial charge in [0.15, 0.2) is 0 Å². The second-order valence-corrected chi connectivity index (χ2v) is 11.9. The first-order valence-corrected chi connectivity index (χ1v) is 13.6. The minimum Gasteiger partial charge on any atom is -0.495 e. The zero-order valence-electron chi connectivity index (χ0n) is 19.1. The van der Waals surface area contributed by atoms with Crippen LogP contribution < -0.4 is 9.46 Å². The van der Waals surface area contributed by atoms with Crippen LogP contribution in [0.25, 0.3) is 16.2 Å². The number of halogens is 3. The van der Waals surface area contributed by atoms with Crippen molar-refractivity contribution in [2.75, 3.05) is 7.11 Å². The molecule has 0 spiro atoms. The molecule has 0 atom stereocenters. The second kappa shape index (κ2) is 8.43. The smallest absolute Gasteiger partial charge is 0.400 e. The monoisotopic (exact) mass is 530 g/mol. The van der Waals surface area contributed by atoms with Crippen LogP contribution in [0.2, 0.25) is 0 Å². The number of aromatic nitrogens is 3. The molecule has 5 rings (SSSR count). The third-order valence-corrected chi connectivity index (χ3v) is 9.48. The number of fused-ring (bicyclic) bond motifs is 1. The van der Waals surface area contributed by atoms with Crippen LogP contribution in [-0.2, 0) is 15.4 Å². The Morgan fingerprint density at radius 1 is 1.23 bits per heavy atom. The lowest BCUT2D eigenvalue weighted by molar-refractivity contribution is -0.160. The van der Waals surface area contributed by atoms with Crippen LogP contribution in [0.1, 0.15) is 49.2 Å². The Balaban J connectivity index is 1.54. The predicted molar refractivity (Wildman–Crippen MR) is 123 cm³/mol. The number of rotatable bonds is 6. The number of hydrogen-bond donors (Lipinski definition) is 2. The van der Waals surface area contributed by atoms with E-state index >= 15 is 0 Å². The molecule has 0 bridgehead atoms. The van der Waals surface area contributed by atoms with E-state index in [-0.39, 0.29) is 34.5 Å². The predicted octanol–water partition coefficient (Wildman–Crippen LogP) is 3.95. The Morgan fingerprint density at radius 3 is 2.51 bits per heavy atom. The zero-order chi connectivity index (χ0) is 25.2. The van der Waals surface area contributed by atoms with Gasteiger partial charge in [0.05, 0.1) is 24.6 Å². The third kappa shape index (κ3) is 4.21. The van der Waals surface area contributed by atoms with Gasteiger partial charge in [0, 0.05) is 11.6 Å². The van der Waals surface area contributed by atoms with Crippen molar-refractivity contribution in [3.63, 3.8) is 0 Å². The Bertz CT molecular complexity index is 1370. The van der Waals surface area contributed by atoms with Crippen molar-refractivity contribution in [3.8, 4) is 17.0 Å². The minimum absolute atomic E-state index is 0.00370. The van der Waals surface area contributed by atoms with Crippen LogP contribution in [0, 0.1) is 6.92 Å². The molecule has 2 aliphatic carbocycles. The number of aliphatic hydroxyl groups is 1. The van der Waals surface area contributed by atoms with Crippen LogP contribution in [0.3, 0.4) is 0 Å². The number of aryl methyl sites for hydroxylation is 1. The lowest BCUT2D eigenvalue weighted by Gasteiger charge is -2.26. The van der Waals surface area contributed by atoms with Crippen molar-refractivity contribution in [1.82, 2.24) is 19.3 Å². The van der Waals surface area contributed by atoms with Crippen molar-refractivity contribution in [3.05, 3.63) is 28.9 Å². The molecule has 2 aliphatic rings. The fraction of sp³-hybridized carbons (Fsp3) is 0.545. The summed E-state index contributed by atoms with van der Waals surface area (Å²) in [5.74, 6) is 0.142. The van der Waals surface area contributed by atoms with E-state index in [1.165, 1.54) is 23.8 Å². The van der Waals surface area contributed by atoms with Gasteiger partial charge in [0.25, 0.3) is 0 Å². The number of methoxy groups -OCH3 is 1. The fourth-order valence-electron chi connectivity index (χ4n) is 4.63. The third-order valence-electron chi connectivity index (χ3n) is 6.82. The van der Waals surface area contributed by atoms with E-state index in [1.54, 1.807) is 13.0 Å². The molecule has 190 valence electrons. The Hall–Kier alpha value is -2.22. The minimum atomic E-state index is -4.39. The van der Waals surface area contributed by atoms with Crippen LogP contribution >= 0.6 is 11.3 Å². The molecule has 2 heterocycles. The fourth-order valence-corrected chi connectivity index (χ4v) is 7.34. The highest BCUT2D eigenvalue weighted by Gasteiger charge is 2.66. The maximum Gasteiger partial charge on any atom is 0.400 e. The molecular weight excluding hydrogens is 505 g/mol. The van der Waals surface area contributed by atoms with Crippen LogP contribution in [-0.4, -0.2) is 53.6 Å². The molecule has 2 saturated carbocycles. The van der Waals surface area contributed by atoms with Gasteiger partial charge in [-0.15, -0.1) is 0 Å². The topological polar surface area (TPSA) is 106 Å². The number of nitrogens with one attached hydrogen (secondary N) is 1. The molecule has 2 fully saturated rings. The number of alkyl halides is 3. The van der Waals surface area contributed by atoms with E-state index in [2.05, 4.69) is 14.8 Å². The maximum atomic E-state index is 13.6. The highest BCUT2D eigenvalue weighted by atomic mass is 32.2. The van der Waals surface area contributed by atoms with Gasteiger partial charge in [0.2, 0.25) is 15.0 Å². The second-order valence-electron chi connectivity index (χ2n) is 9.22. The van der Waals surface area contributed by atoms with Crippen LogP contribution in [0.15, 0.2) is 23.1 Å². The van der Waals surface area contributed by atoms with E-state index in [4.69, 9.17) is 4.74 Å². The molecule has 35 heavy (non-hydrogen) atoms. The van der Waals surface area contributed by atoms with Crippen LogP contribution in [0.5, 0.6) is 5.75 Å². The lowest BCUT2D eigenvalue weighted by atomic mass is 9.94. The summed E-state index contributed by atoms with van der Waals surface area (Å²) in [5, 5.41) is 14.0. The van der Waals surface area contributed by atoms with E-state index in [0.29, 0.717) is 47.6 Å². The summed E-state index contributed by atoms with van der Waals surface area (Å²) in [6.45, 7) is 1.71. The van der Waals surface area contributed by atoms with Crippen LogP contribution in [0.4, 0.5) is 13.2 Å². The number of sulfonamides is 1. The summed E-state index contributed by atoms with van der Waals surface area (Å²) in [5.41, 5.74) is -0.519. The molecule has 0 saturated heterocycles. The van der Waals surface area contributed by atoms with Gasteiger partial charge in [-0.05, 0) is 63.6 Å². The summed E-state index contributed by atoms with van der Waals surface area (Å²) < 4.78 is 76.8. The zero-order valence-corrected chi connectivity index (χ0v) is 20.7. The molecule has 3 aromatic rings. The SMILES string of the molecule is COc1ccc(-c2c(C)nc3sc(C4(C(F)(F)F)CC4)nn23)cc1S(=O)(=O)NC1CCC(O)CC1. The Labute approximate surface area is 204 Å². The number of hydrogen-bond acceptors (Lipinski definition) is 7. The van der Waals surface area contributed by atoms with Crippen molar-refractivity contribution >= 4 is 26.3 Å². The molecule has 0 amide bonds. The molecule has 0 aliphatic heterocycles. The van der Waals surface area contributed by atoms with Gasteiger partial charge in [-0.25, -0.2) is 22.6 Å². The summed E-state index contributed by atoms with van der Waals surface area (Å²) >= 11 is 0.909. The van der Waals surface area contributed by atoms with Crippen molar-refractivity contribution < 1.29 is 31.4 Å².